The fraction of sp³-hybridized carbons (Fsp3) is 0.929. The summed E-state index contributed by atoms with van der Waals surface area (Å²) in [6.45, 7) is 8.54. The molecule has 3 atom stereocenters. The van der Waals surface area contributed by atoms with E-state index in [1.54, 1.807) is 6.92 Å². The Bertz CT molecular complexity index is 275. The number of rotatable bonds is 3. The van der Waals surface area contributed by atoms with Crippen LogP contribution >= 0.6 is 0 Å². The zero-order valence-corrected chi connectivity index (χ0v) is 11.4. The Morgan fingerprint density at radius 2 is 2.06 bits per heavy atom. The van der Waals surface area contributed by atoms with Gasteiger partial charge < -0.3 is 5.32 Å². The molecule has 2 aliphatic rings. The highest BCUT2D eigenvalue weighted by Gasteiger charge is 2.33. The Labute approximate surface area is 105 Å². The molecule has 3 nitrogen and oxygen atoms in total. The highest BCUT2D eigenvalue weighted by Crippen LogP contribution is 2.33. The first kappa shape index (κ1) is 12.9. The molecule has 1 saturated carbocycles. The Kier molecular flexibility index (Phi) is 4.08. The van der Waals surface area contributed by atoms with Crippen molar-refractivity contribution in [2.24, 2.45) is 11.8 Å². The van der Waals surface area contributed by atoms with E-state index in [4.69, 9.17) is 0 Å². The van der Waals surface area contributed by atoms with Gasteiger partial charge in [-0.2, -0.15) is 0 Å². The van der Waals surface area contributed by atoms with Crippen molar-refractivity contribution in [1.29, 1.82) is 0 Å². The summed E-state index contributed by atoms with van der Waals surface area (Å²) in [5.74, 6) is 1.71. The highest BCUT2D eigenvalue weighted by molar-refractivity contribution is 5.73. The van der Waals surface area contributed by atoms with E-state index in [1.165, 1.54) is 25.8 Å². The molecule has 98 valence electrons. The average molecular weight is 238 g/mol. The predicted octanol–water partition coefficient (Wildman–Crippen LogP) is 2.02. The molecule has 1 N–H and O–H groups in total. The Balaban J connectivity index is 1.90. The second-order valence-electron chi connectivity index (χ2n) is 6.12. The lowest BCUT2D eigenvalue weighted by atomic mass is 9.79. The lowest BCUT2D eigenvalue weighted by molar-refractivity contribution is -0.120. The maximum atomic E-state index is 11.2. The average Bonchev–Trinajstić information content (AvgIpc) is 2.12. The van der Waals surface area contributed by atoms with Gasteiger partial charge in [-0.05, 0) is 38.0 Å². The molecule has 2 fully saturated rings. The molecule has 3 unspecified atom stereocenters. The minimum atomic E-state index is 0.111. The molecule has 1 amide bonds. The number of piperidine rings is 1. The fourth-order valence-corrected chi connectivity index (χ4v) is 3.34. The molecule has 0 spiro atoms. The van der Waals surface area contributed by atoms with Crippen LogP contribution in [0, 0.1) is 11.8 Å². The summed E-state index contributed by atoms with van der Waals surface area (Å²) in [6.07, 6.45) is 5.34. The maximum absolute atomic E-state index is 11.2. The second-order valence-corrected chi connectivity index (χ2v) is 6.12. The number of hydrogen-bond donors (Lipinski definition) is 1. The van der Waals surface area contributed by atoms with Gasteiger partial charge in [0.1, 0.15) is 0 Å². The molecule has 1 heterocycles. The molecule has 0 bridgehead atoms. The number of likely N-dealkylation sites (tertiary alicyclic amines) is 1. The molecule has 1 aliphatic carbocycles. The van der Waals surface area contributed by atoms with Gasteiger partial charge >= 0.3 is 0 Å². The largest absolute Gasteiger partial charge is 0.352 e. The van der Waals surface area contributed by atoms with Crippen molar-refractivity contribution >= 4 is 5.91 Å². The summed E-state index contributed by atoms with van der Waals surface area (Å²) in [5, 5.41) is 3.09. The van der Waals surface area contributed by atoms with E-state index in [9.17, 15) is 4.79 Å². The molecular weight excluding hydrogens is 212 g/mol. The molecule has 0 aromatic carbocycles. The molecule has 3 heteroatoms. The monoisotopic (exact) mass is 238 g/mol. The van der Waals surface area contributed by atoms with E-state index in [0.717, 1.165) is 18.9 Å². The third kappa shape index (κ3) is 3.21. The van der Waals surface area contributed by atoms with E-state index in [2.05, 4.69) is 24.1 Å². The summed E-state index contributed by atoms with van der Waals surface area (Å²) in [5.41, 5.74) is 0. The lowest BCUT2D eigenvalue weighted by Crippen LogP contribution is -2.54. The SMILES string of the molecule is CC(=O)NC1CC(C)CN(C(C)C2CCC2)C1. The van der Waals surface area contributed by atoms with Crippen molar-refractivity contribution < 1.29 is 4.79 Å². The first-order valence-electron chi connectivity index (χ1n) is 7.07. The van der Waals surface area contributed by atoms with Crippen LogP contribution in [0.25, 0.3) is 0 Å². The van der Waals surface area contributed by atoms with Crippen LogP contribution in [0.1, 0.15) is 46.5 Å². The molecule has 1 saturated heterocycles. The van der Waals surface area contributed by atoms with Crippen LogP contribution < -0.4 is 5.32 Å². The second kappa shape index (κ2) is 5.38. The van der Waals surface area contributed by atoms with Crippen LogP contribution in [0.4, 0.5) is 0 Å². The van der Waals surface area contributed by atoms with Crippen LogP contribution in [0.2, 0.25) is 0 Å². The zero-order chi connectivity index (χ0) is 12.4. The fourth-order valence-electron chi connectivity index (χ4n) is 3.34. The van der Waals surface area contributed by atoms with Crippen LogP contribution in [-0.4, -0.2) is 36.0 Å². The van der Waals surface area contributed by atoms with Crippen molar-refractivity contribution in [2.75, 3.05) is 13.1 Å². The molecule has 0 aromatic rings. The van der Waals surface area contributed by atoms with Gasteiger partial charge in [-0.3, -0.25) is 9.69 Å². The van der Waals surface area contributed by atoms with E-state index in [1.807, 2.05) is 0 Å². The minimum Gasteiger partial charge on any atom is -0.352 e. The van der Waals surface area contributed by atoms with Crippen molar-refractivity contribution in [3.63, 3.8) is 0 Å². The van der Waals surface area contributed by atoms with Crippen LogP contribution in [0.5, 0.6) is 0 Å². The van der Waals surface area contributed by atoms with Gasteiger partial charge in [0.15, 0.2) is 0 Å². The van der Waals surface area contributed by atoms with Crippen molar-refractivity contribution in [3.8, 4) is 0 Å². The van der Waals surface area contributed by atoms with Crippen LogP contribution in [0.3, 0.4) is 0 Å². The molecule has 1 aliphatic heterocycles. The van der Waals surface area contributed by atoms with E-state index >= 15 is 0 Å². The number of carbonyl (C=O) groups excluding carboxylic acids is 1. The summed E-state index contributed by atoms with van der Waals surface area (Å²) < 4.78 is 0. The molecule has 0 aromatic heterocycles. The van der Waals surface area contributed by atoms with E-state index in [-0.39, 0.29) is 5.91 Å². The minimum absolute atomic E-state index is 0.111. The van der Waals surface area contributed by atoms with Crippen molar-refractivity contribution in [1.82, 2.24) is 10.2 Å². The van der Waals surface area contributed by atoms with Crippen LogP contribution in [-0.2, 0) is 4.79 Å². The number of hydrogen-bond acceptors (Lipinski definition) is 2. The number of nitrogens with one attached hydrogen (secondary N) is 1. The normalized spacial score (nSPS) is 32.9. The van der Waals surface area contributed by atoms with Gasteiger partial charge in [0, 0.05) is 32.1 Å². The van der Waals surface area contributed by atoms with Gasteiger partial charge in [0.05, 0.1) is 0 Å². The number of carbonyl (C=O) groups is 1. The smallest absolute Gasteiger partial charge is 0.217 e. The topological polar surface area (TPSA) is 32.3 Å². The van der Waals surface area contributed by atoms with Crippen molar-refractivity contribution in [2.45, 2.75) is 58.5 Å². The Morgan fingerprint density at radius 1 is 1.35 bits per heavy atom. The summed E-state index contributed by atoms with van der Waals surface area (Å²) >= 11 is 0. The van der Waals surface area contributed by atoms with Gasteiger partial charge in [0.25, 0.3) is 0 Å². The summed E-state index contributed by atoms with van der Waals surface area (Å²) in [6, 6.07) is 1.06. The molecule has 2 rings (SSSR count). The number of nitrogens with zero attached hydrogens (tertiary/aromatic N) is 1. The number of amides is 1. The maximum Gasteiger partial charge on any atom is 0.217 e. The van der Waals surface area contributed by atoms with E-state index in [0.29, 0.717) is 18.0 Å². The standard InChI is InChI=1S/C14H26N2O/c1-10-7-14(15-12(3)17)9-16(8-10)11(2)13-5-4-6-13/h10-11,13-14H,4-9H2,1-3H3,(H,15,17). The highest BCUT2D eigenvalue weighted by atomic mass is 16.1. The predicted molar refractivity (Wildman–Crippen MR) is 69.8 cm³/mol. The quantitative estimate of drug-likeness (QED) is 0.816. The zero-order valence-electron chi connectivity index (χ0n) is 11.4. The van der Waals surface area contributed by atoms with Gasteiger partial charge in [0.2, 0.25) is 5.91 Å². The molecular formula is C14H26N2O. The van der Waals surface area contributed by atoms with E-state index < -0.39 is 0 Å². The first-order chi connectivity index (χ1) is 8.06. The Hall–Kier alpha value is -0.570. The summed E-state index contributed by atoms with van der Waals surface area (Å²) in [7, 11) is 0. The lowest BCUT2D eigenvalue weighted by Gasteiger charge is -2.45. The van der Waals surface area contributed by atoms with Gasteiger partial charge in [-0.25, -0.2) is 0 Å². The van der Waals surface area contributed by atoms with Crippen molar-refractivity contribution in [3.05, 3.63) is 0 Å². The first-order valence-corrected chi connectivity index (χ1v) is 7.07. The van der Waals surface area contributed by atoms with Crippen LogP contribution in [0.15, 0.2) is 0 Å². The summed E-state index contributed by atoms with van der Waals surface area (Å²) in [4.78, 5) is 13.8. The molecule has 0 radical (unpaired) electrons. The molecule has 17 heavy (non-hydrogen) atoms. The van der Waals surface area contributed by atoms with Gasteiger partial charge in [-0.15, -0.1) is 0 Å². The Morgan fingerprint density at radius 3 is 2.59 bits per heavy atom. The van der Waals surface area contributed by atoms with Gasteiger partial charge in [-0.1, -0.05) is 13.3 Å². The third-order valence-electron chi connectivity index (χ3n) is 4.50. The third-order valence-corrected chi connectivity index (χ3v) is 4.50.